The van der Waals surface area contributed by atoms with Crippen molar-refractivity contribution in [2.75, 3.05) is 6.54 Å². The van der Waals surface area contributed by atoms with E-state index in [4.69, 9.17) is 9.15 Å². The number of hydrogen-bond acceptors (Lipinski definition) is 3. The molecule has 4 heteroatoms. The third-order valence-corrected chi connectivity index (χ3v) is 3.32. The summed E-state index contributed by atoms with van der Waals surface area (Å²) in [5.74, 6) is 1.36. The molecule has 20 heavy (non-hydrogen) atoms. The van der Waals surface area contributed by atoms with Crippen molar-refractivity contribution in [3.05, 3.63) is 67.1 Å². The Morgan fingerprint density at radius 1 is 1.25 bits per heavy atom. The van der Waals surface area contributed by atoms with E-state index in [1.807, 2.05) is 42.5 Å². The number of rotatable bonds is 5. The average molecular weight is 269 g/mol. The van der Waals surface area contributed by atoms with Crippen LogP contribution in [-0.4, -0.2) is 23.5 Å². The first-order valence-electron chi connectivity index (χ1n) is 6.48. The Labute approximate surface area is 117 Å². The molecule has 0 unspecified atom stereocenters. The highest BCUT2D eigenvalue weighted by Gasteiger charge is 2.51. The van der Waals surface area contributed by atoms with E-state index in [9.17, 15) is 4.79 Å². The molecule has 1 amide bonds. The zero-order chi connectivity index (χ0) is 13.9. The van der Waals surface area contributed by atoms with Gasteiger partial charge in [-0.3, -0.25) is 4.79 Å². The fraction of sp³-hybridized carbons (Fsp3) is 0.188. The minimum atomic E-state index is -0.538. The van der Waals surface area contributed by atoms with E-state index in [1.165, 1.54) is 0 Å². The molecule has 2 aromatic rings. The SMILES string of the molecule is C=CCN1C(=O)[C@@H](Oc2ccccc2)[C@H]1c1ccco1. The van der Waals surface area contributed by atoms with Crippen molar-refractivity contribution in [1.82, 2.24) is 4.90 Å². The maximum Gasteiger partial charge on any atom is 0.267 e. The first kappa shape index (κ1) is 12.5. The van der Waals surface area contributed by atoms with Crippen LogP contribution < -0.4 is 4.74 Å². The maximum atomic E-state index is 12.2. The van der Waals surface area contributed by atoms with E-state index in [0.717, 1.165) is 5.76 Å². The van der Waals surface area contributed by atoms with E-state index in [1.54, 1.807) is 17.2 Å². The number of furan rings is 1. The molecule has 1 saturated heterocycles. The molecule has 0 spiro atoms. The van der Waals surface area contributed by atoms with Crippen LogP contribution in [0.2, 0.25) is 0 Å². The summed E-state index contributed by atoms with van der Waals surface area (Å²) in [4.78, 5) is 13.9. The maximum absolute atomic E-state index is 12.2. The fourth-order valence-electron chi connectivity index (χ4n) is 2.38. The molecule has 1 aromatic heterocycles. The molecule has 1 aromatic carbocycles. The van der Waals surface area contributed by atoms with Crippen LogP contribution in [0.25, 0.3) is 0 Å². The lowest BCUT2D eigenvalue weighted by atomic mass is 9.95. The van der Waals surface area contributed by atoms with Gasteiger partial charge in [-0.1, -0.05) is 24.3 Å². The van der Waals surface area contributed by atoms with Crippen molar-refractivity contribution >= 4 is 5.91 Å². The summed E-state index contributed by atoms with van der Waals surface area (Å²) in [5.41, 5.74) is 0. The molecule has 0 saturated carbocycles. The predicted molar refractivity (Wildman–Crippen MR) is 74.2 cm³/mol. The second kappa shape index (κ2) is 5.25. The Balaban J connectivity index is 1.82. The van der Waals surface area contributed by atoms with Crippen molar-refractivity contribution in [3.8, 4) is 5.75 Å². The van der Waals surface area contributed by atoms with Gasteiger partial charge in [0.05, 0.1) is 6.26 Å². The van der Waals surface area contributed by atoms with Crippen LogP contribution in [0.15, 0.2) is 65.8 Å². The fourth-order valence-corrected chi connectivity index (χ4v) is 2.38. The molecular formula is C16H15NO3. The third-order valence-electron chi connectivity index (χ3n) is 3.32. The Morgan fingerprint density at radius 3 is 2.70 bits per heavy atom. The van der Waals surface area contributed by atoms with E-state index in [2.05, 4.69) is 6.58 Å². The molecule has 3 rings (SSSR count). The average Bonchev–Trinajstić information content (AvgIpc) is 3.00. The standard InChI is InChI=1S/C16H15NO3/c1-2-10-17-14(13-9-6-11-19-13)15(16(17)18)20-12-7-4-3-5-8-12/h2-9,11,14-15H,1,10H2/t14-,15+/m1/s1. The molecule has 2 atom stereocenters. The first-order chi connectivity index (χ1) is 9.81. The van der Waals surface area contributed by atoms with Gasteiger partial charge in [0.1, 0.15) is 17.6 Å². The van der Waals surface area contributed by atoms with Crippen molar-refractivity contribution in [3.63, 3.8) is 0 Å². The third kappa shape index (κ3) is 2.09. The zero-order valence-electron chi connectivity index (χ0n) is 10.9. The molecule has 0 aliphatic carbocycles. The van der Waals surface area contributed by atoms with E-state index >= 15 is 0 Å². The second-order valence-corrected chi connectivity index (χ2v) is 4.59. The second-order valence-electron chi connectivity index (χ2n) is 4.59. The number of β-lactam (4-membered cyclic amide) rings is 1. The molecule has 0 N–H and O–H groups in total. The van der Waals surface area contributed by atoms with E-state index < -0.39 is 6.10 Å². The highest BCUT2D eigenvalue weighted by atomic mass is 16.5. The molecule has 1 aliphatic rings. The van der Waals surface area contributed by atoms with Crippen LogP contribution >= 0.6 is 0 Å². The lowest BCUT2D eigenvalue weighted by molar-refractivity contribution is -0.164. The predicted octanol–water partition coefficient (Wildman–Crippen LogP) is 2.80. The van der Waals surface area contributed by atoms with Crippen LogP contribution in [0.3, 0.4) is 0 Å². The number of nitrogens with zero attached hydrogens (tertiary/aromatic N) is 1. The molecule has 0 radical (unpaired) electrons. The van der Waals surface area contributed by atoms with Gasteiger partial charge in [-0.05, 0) is 24.3 Å². The van der Waals surface area contributed by atoms with Gasteiger partial charge >= 0.3 is 0 Å². The summed E-state index contributed by atoms with van der Waals surface area (Å²) in [7, 11) is 0. The van der Waals surface area contributed by atoms with Crippen LogP contribution in [0.5, 0.6) is 5.75 Å². The van der Waals surface area contributed by atoms with Gasteiger partial charge in [-0.25, -0.2) is 0 Å². The summed E-state index contributed by atoms with van der Waals surface area (Å²) in [6.07, 6.45) is 2.76. The van der Waals surface area contributed by atoms with Crippen LogP contribution in [-0.2, 0) is 4.79 Å². The Morgan fingerprint density at radius 2 is 2.05 bits per heavy atom. The molecule has 2 heterocycles. The quantitative estimate of drug-likeness (QED) is 0.619. The number of benzene rings is 1. The number of amides is 1. The molecule has 4 nitrogen and oxygen atoms in total. The number of para-hydroxylation sites is 1. The topological polar surface area (TPSA) is 42.7 Å². The Hall–Kier alpha value is -2.49. The zero-order valence-corrected chi connectivity index (χ0v) is 10.9. The molecule has 1 aliphatic heterocycles. The largest absolute Gasteiger partial charge is 0.478 e. The summed E-state index contributed by atoms with van der Waals surface area (Å²) in [6.45, 7) is 4.16. The number of likely N-dealkylation sites (tertiary alicyclic amines) is 1. The lowest BCUT2D eigenvalue weighted by Gasteiger charge is -2.44. The minimum absolute atomic E-state index is 0.0462. The van der Waals surface area contributed by atoms with Crippen molar-refractivity contribution < 1.29 is 13.9 Å². The molecular weight excluding hydrogens is 254 g/mol. The van der Waals surface area contributed by atoms with Gasteiger partial charge in [0, 0.05) is 6.54 Å². The molecule has 102 valence electrons. The number of carbonyl (C=O) groups is 1. The highest BCUT2D eigenvalue weighted by Crippen LogP contribution is 2.37. The minimum Gasteiger partial charge on any atom is -0.478 e. The monoisotopic (exact) mass is 269 g/mol. The van der Waals surface area contributed by atoms with Gasteiger partial charge in [-0.15, -0.1) is 6.58 Å². The first-order valence-corrected chi connectivity index (χ1v) is 6.48. The van der Waals surface area contributed by atoms with Crippen molar-refractivity contribution in [1.29, 1.82) is 0 Å². The smallest absolute Gasteiger partial charge is 0.267 e. The molecule has 1 fully saturated rings. The Kier molecular flexibility index (Phi) is 3.29. The van der Waals surface area contributed by atoms with Gasteiger partial charge in [0.15, 0.2) is 0 Å². The Bertz CT molecular complexity index is 591. The normalized spacial score (nSPS) is 21.4. The summed E-state index contributed by atoms with van der Waals surface area (Å²) >= 11 is 0. The van der Waals surface area contributed by atoms with Gasteiger partial charge in [-0.2, -0.15) is 0 Å². The van der Waals surface area contributed by atoms with Gasteiger partial charge < -0.3 is 14.1 Å². The number of carbonyl (C=O) groups excluding carboxylic acids is 1. The molecule has 0 bridgehead atoms. The van der Waals surface area contributed by atoms with Gasteiger partial charge in [0.2, 0.25) is 6.10 Å². The van der Waals surface area contributed by atoms with Crippen molar-refractivity contribution in [2.45, 2.75) is 12.1 Å². The number of hydrogen-bond donors (Lipinski definition) is 0. The van der Waals surface area contributed by atoms with E-state index in [0.29, 0.717) is 12.3 Å². The number of ether oxygens (including phenoxy) is 1. The van der Waals surface area contributed by atoms with Crippen LogP contribution in [0.1, 0.15) is 11.8 Å². The summed E-state index contributed by atoms with van der Waals surface area (Å²) in [5, 5.41) is 0. The van der Waals surface area contributed by atoms with Gasteiger partial charge in [0.25, 0.3) is 5.91 Å². The lowest BCUT2D eigenvalue weighted by Crippen LogP contribution is -2.61. The van der Waals surface area contributed by atoms with Crippen molar-refractivity contribution in [2.24, 2.45) is 0 Å². The van der Waals surface area contributed by atoms with E-state index in [-0.39, 0.29) is 11.9 Å². The summed E-state index contributed by atoms with van der Waals surface area (Å²) in [6, 6.07) is 12.8. The van der Waals surface area contributed by atoms with Crippen LogP contribution in [0, 0.1) is 0 Å². The highest BCUT2D eigenvalue weighted by molar-refractivity contribution is 5.89. The van der Waals surface area contributed by atoms with Crippen LogP contribution in [0.4, 0.5) is 0 Å². The summed E-state index contributed by atoms with van der Waals surface area (Å²) < 4.78 is 11.2.